The van der Waals surface area contributed by atoms with E-state index in [1.807, 2.05) is 18.2 Å². The number of β-amino-alcohol motifs (C(OH)–C–C–N with tert-alkyl or cyclic N) is 1. The highest BCUT2D eigenvalue weighted by Gasteiger charge is 2.41. The summed E-state index contributed by atoms with van der Waals surface area (Å²) in [5.74, 6) is 0. The molecule has 2 N–H and O–H groups in total. The van der Waals surface area contributed by atoms with E-state index in [-0.39, 0.29) is 23.6 Å². The van der Waals surface area contributed by atoms with Gasteiger partial charge in [-0.2, -0.15) is 0 Å². The third-order valence-electron chi connectivity index (χ3n) is 6.49. The van der Waals surface area contributed by atoms with Crippen LogP contribution in [0.1, 0.15) is 23.2 Å². The zero-order chi connectivity index (χ0) is 21.4. The first-order valence-electron chi connectivity index (χ1n) is 10.7. The Morgan fingerprint density at radius 2 is 1.55 bits per heavy atom. The number of nitrogens with zero attached hydrogens (tertiary/aromatic N) is 2. The molecule has 2 aliphatic rings. The van der Waals surface area contributed by atoms with Gasteiger partial charge in [-0.25, -0.2) is 13.1 Å². The largest absolute Gasteiger partial charge is 0.395 e. The number of hydrogen-bond donors (Lipinski definition) is 2. The molecule has 1 heterocycles. The Bertz CT molecular complexity index is 1170. The molecule has 0 radical (unpaired) electrons. The first-order valence-corrected chi connectivity index (χ1v) is 12.2. The van der Waals surface area contributed by atoms with Crippen LogP contribution in [-0.4, -0.2) is 62.7 Å². The highest BCUT2D eigenvalue weighted by Crippen LogP contribution is 2.47. The summed E-state index contributed by atoms with van der Waals surface area (Å²) in [4.78, 5) is 4.92. The molecule has 1 saturated heterocycles. The minimum absolute atomic E-state index is 0.0594. The summed E-state index contributed by atoms with van der Waals surface area (Å²) in [5, 5.41) is 11.6. The second kappa shape index (κ2) is 8.33. The van der Waals surface area contributed by atoms with Gasteiger partial charge in [0, 0.05) is 32.7 Å². The van der Waals surface area contributed by atoms with E-state index in [0.29, 0.717) is 6.54 Å². The number of piperazine rings is 1. The quantitative estimate of drug-likeness (QED) is 0.620. The molecule has 3 aromatic rings. The van der Waals surface area contributed by atoms with E-state index in [2.05, 4.69) is 38.8 Å². The minimum atomic E-state index is -3.67. The molecule has 1 aliphatic carbocycles. The lowest BCUT2D eigenvalue weighted by Crippen LogP contribution is -2.50. The van der Waals surface area contributed by atoms with Crippen molar-refractivity contribution < 1.29 is 13.5 Å². The molecule has 0 saturated carbocycles. The first-order chi connectivity index (χ1) is 15.1. The van der Waals surface area contributed by atoms with Gasteiger partial charge in [-0.15, -0.1) is 0 Å². The molecule has 3 aromatic carbocycles. The molecule has 5 rings (SSSR count). The zero-order valence-corrected chi connectivity index (χ0v) is 18.1. The van der Waals surface area contributed by atoms with Crippen LogP contribution >= 0.6 is 0 Å². The van der Waals surface area contributed by atoms with Gasteiger partial charge < -0.3 is 5.11 Å². The SMILES string of the molecule is O=S(=O)(N[C@H]1c2cccc3cccc(c23)[C@H]1N1CCN(CCO)CC1)c1ccccc1. The number of sulfonamides is 1. The molecule has 1 aliphatic heterocycles. The van der Waals surface area contributed by atoms with Crippen LogP contribution in [0.4, 0.5) is 0 Å². The van der Waals surface area contributed by atoms with E-state index in [1.165, 1.54) is 5.56 Å². The van der Waals surface area contributed by atoms with Gasteiger partial charge in [0.2, 0.25) is 10.0 Å². The molecule has 0 amide bonds. The fourth-order valence-electron chi connectivity index (χ4n) is 5.03. The Hall–Kier alpha value is -2.29. The zero-order valence-electron chi connectivity index (χ0n) is 17.3. The second-order valence-electron chi connectivity index (χ2n) is 8.25. The second-order valence-corrected chi connectivity index (χ2v) is 9.96. The maximum atomic E-state index is 13.3. The van der Waals surface area contributed by atoms with Crippen LogP contribution < -0.4 is 4.72 Å². The van der Waals surface area contributed by atoms with Crippen LogP contribution in [0.5, 0.6) is 0 Å². The fourth-order valence-corrected chi connectivity index (χ4v) is 6.27. The number of nitrogens with one attached hydrogen (secondary N) is 1. The minimum Gasteiger partial charge on any atom is -0.395 e. The van der Waals surface area contributed by atoms with Gasteiger partial charge in [-0.3, -0.25) is 9.80 Å². The van der Waals surface area contributed by atoms with Crippen molar-refractivity contribution in [2.75, 3.05) is 39.3 Å². The van der Waals surface area contributed by atoms with Crippen molar-refractivity contribution in [2.24, 2.45) is 0 Å². The van der Waals surface area contributed by atoms with E-state index in [0.717, 1.165) is 42.5 Å². The van der Waals surface area contributed by atoms with Crippen LogP contribution in [-0.2, 0) is 10.0 Å². The molecule has 1 fully saturated rings. The Balaban J connectivity index is 1.53. The third-order valence-corrected chi connectivity index (χ3v) is 7.95. The summed E-state index contributed by atoms with van der Waals surface area (Å²) in [6.45, 7) is 4.23. The average Bonchev–Trinajstić information content (AvgIpc) is 3.10. The van der Waals surface area contributed by atoms with Crippen molar-refractivity contribution in [1.82, 2.24) is 14.5 Å². The summed E-state index contributed by atoms with van der Waals surface area (Å²) >= 11 is 0. The van der Waals surface area contributed by atoms with Crippen LogP contribution in [0.15, 0.2) is 71.6 Å². The van der Waals surface area contributed by atoms with Crippen LogP contribution in [0.25, 0.3) is 10.8 Å². The van der Waals surface area contributed by atoms with E-state index in [1.54, 1.807) is 24.3 Å². The van der Waals surface area contributed by atoms with Gasteiger partial charge in [0.1, 0.15) is 0 Å². The van der Waals surface area contributed by atoms with Crippen molar-refractivity contribution in [3.8, 4) is 0 Å². The molecular formula is C24H27N3O3S. The summed E-state index contributed by atoms with van der Waals surface area (Å²) < 4.78 is 29.6. The molecule has 7 heteroatoms. The number of rotatable bonds is 6. The molecule has 0 bridgehead atoms. The predicted octanol–water partition coefficient (Wildman–Crippen LogP) is 2.52. The van der Waals surface area contributed by atoms with Gasteiger partial charge in [0.25, 0.3) is 0 Å². The van der Waals surface area contributed by atoms with Crippen molar-refractivity contribution in [3.05, 3.63) is 77.9 Å². The Labute approximate surface area is 183 Å². The third kappa shape index (κ3) is 3.77. The maximum Gasteiger partial charge on any atom is 0.241 e. The van der Waals surface area contributed by atoms with E-state index >= 15 is 0 Å². The van der Waals surface area contributed by atoms with Crippen molar-refractivity contribution in [3.63, 3.8) is 0 Å². The van der Waals surface area contributed by atoms with Crippen LogP contribution in [0.3, 0.4) is 0 Å². The molecule has 31 heavy (non-hydrogen) atoms. The van der Waals surface area contributed by atoms with Gasteiger partial charge in [0.15, 0.2) is 0 Å². The molecule has 0 unspecified atom stereocenters. The molecule has 0 aromatic heterocycles. The van der Waals surface area contributed by atoms with Crippen LogP contribution in [0, 0.1) is 0 Å². The molecular weight excluding hydrogens is 410 g/mol. The van der Waals surface area contributed by atoms with Crippen molar-refractivity contribution >= 4 is 20.8 Å². The highest BCUT2D eigenvalue weighted by molar-refractivity contribution is 7.89. The average molecular weight is 438 g/mol. The summed E-state index contributed by atoms with van der Waals surface area (Å²) in [6.07, 6.45) is 0. The lowest BCUT2D eigenvalue weighted by Gasteiger charge is -2.40. The summed E-state index contributed by atoms with van der Waals surface area (Å²) in [5.41, 5.74) is 2.22. The highest BCUT2D eigenvalue weighted by atomic mass is 32.2. The Kier molecular flexibility index (Phi) is 5.54. The van der Waals surface area contributed by atoms with Gasteiger partial charge in [-0.05, 0) is 34.0 Å². The van der Waals surface area contributed by atoms with Crippen LogP contribution in [0.2, 0.25) is 0 Å². The lowest BCUT2D eigenvalue weighted by molar-refractivity contribution is 0.0743. The Morgan fingerprint density at radius 3 is 2.23 bits per heavy atom. The van der Waals surface area contributed by atoms with Gasteiger partial charge >= 0.3 is 0 Å². The van der Waals surface area contributed by atoms with E-state index < -0.39 is 10.0 Å². The van der Waals surface area contributed by atoms with E-state index in [9.17, 15) is 13.5 Å². The molecule has 6 nitrogen and oxygen atoms in total. The molecule has 0 spiro atoms. The maximum absolute atomic E-state index is 13.3. The summed E-state index contributed by atoms with van der Waals surface area (Å²) in [7, 11) is -3.67. The number of aliphatic hydroxyl groups is 1. The standard InChI is InChI=1S/C24H27N3O3S/c28-17-16-26-12-14-27(15-13-26)24-21-11-5-7-18-6-4-10-20(22(18)21)23(24)25-31(29,30)19-8-2-1-3-9-19/h1-11,23-25,28H,12-17H2/t23-,24+/m0/s1. The summed E-state index contributed by atoms with van der Waals surface area (Å²) in [6, 6.07) is 20.6. The van der Waals surface area contributed by atoms with Gasteiger partial charge in [0.05, 0.1) is 23.6 Å². The lowest BCUT2D eigenvalue weighted by atomic mass is 10.0. The number of benzene rings is 3. The Morgan fingerprint density at radius 1 is 0.871 bits per heavy atom. The number of aliphatic hydroxyl groups excluding tert-OH is 1. The first kappa shape index (κ1) is 20.6. The monoisotopic (exact) mass is 437 g/mol. The number of hydrogen-bond acceptors (Lipinski definition) is 5. The van der Waals surface area contributed by atoms with Crippen molar-refractivity contribution in [2.45, 2.75) is 17.0 Å². The smallest absolute Gasteiger partial charge is 0.241 e. The van der Waals surface area contributed by atoms with Gasteiger partial charge in [-0.1, -0.05) is 54.6 Å². The molecule has 162 valence electrons. The van der Waals surface area contributed by atoms with E-state index in [4.69, 9.17) is 0 Å². The normalized spacial score (nSPS) is 22.2. The predicted molar refractivity (Wildman–Crippen MR) is 121 cm³/mol. The van der Waals surface area contributed by atoms with Crippen molar-refractivity contribution in [1.29, 1.82) is 0 Å². The molecule has 2 atom stereocenters. The fraction of sp³-hybridized carbons (Fsp3) is 0.333. The topological polar surface area (TPSA) is 72.9 Å².